The zero-order valence-corrected chi connectivity index (χ0v) is 8.12. The van der Waals surface area contributed by atoms with Crippen LogP contribution in [-0.4, -0.2) is 5.37 Å². The van der Waals surface area contributed by atoms with Crippen LogP contribution in [0.4, 0.5) is 0 Å². The summed E-state index contributed by atoms with van der Waals surface area (Å²) in [6, 6.07) is 0. The first-order valence-electron chi connectivity index (χ1n) is 4.41. The number of hydrogen-bond donors (Lipinski definition) is 0. The first-order chi connectivity index (χ1) is 5.41. The summed E-state index contributed by atoms with van der Waals surface area (Å²) in [6.07, 6.45) is 11.7. The predicted octanol–water partition coefficient (Wildman–Crippen LogP) is 3.78. The van der Waals surface area contributed by atoms with E-state index in [2.05, 4.69) is 36.7 Å². The van der Waals surface area contributed by atoms with Gasteiger partial charge in [0.15, 0.2) is 0 Å². The lowest BCUT2D eigenvalue weighted by Gasteiger charge is -1.93. The molecular weight excluding hydrogens is 152 g/mol. The molecule has 0 N–H and O–H groups in total. The van der Waals surface area contributed by atoms with Crippen LogP contribution in [0.5, 0.6) is 0 Å². The highest BCUT2D eigenvalue weighted by Gasteiger charge is 1.83. The van der Waals surface area contributed by atoms with Crippen molar-refractivity contribution in [3.05, 3.63) is 12.2 Å². The molecule has 0 aliphatic heterocycles. The van der Waals surface area contributed by atoms with Crippen molar-refractivity contribution >= 4 is 17.6 Å². The van der Waals surface area contributed by atoms with E-state index in [0.29, 0.717) is 0 Å². The van der Waals surface area contributed by atoms with Crippen LogP contribution in [0.3, 0.4) is 0 Å². The summed E-state index contributed by atoms with van der Waals surface area (Å²) in [4.78, 5) is 0. The topological polar surface area (TPSA) is 0 Å². The minimum atomic E-state index is 0.823. The second-order valence-corrected chi connectivity index (χ2v) is 2.96. The first-order valence-corrected chi connectivity index (χ1v) is 4.82. The zero-order chi connectivity index (χ0) is 8.36. The fraction of sp³-hybridized carbons (Fsp3) is 0.700. The highest BCUT2D eigenvalue weighted by atomic mass is 32.1. The quantitative estimate of drug-likeness (QED) is 0.317. The summed E-state index contributed by atoms with van der Waals surface area (Å²) in [5.74, 6) is 0. The van der Waals surface area contributed by atoms with Crippen molar-refractivity contribution in [2.45, 2.75) is 45.4 Å². The van der Waals surface area contributed by atoms with Gasteiger partial charge in [-0.05, 0) is 12.8 Å². The summed E-state index contributed by atoms with van der Waals surface area (Å²) in [5, 5.41) is 2.67. The number of allylic oxidation sites excluding steroid dienone is 2. The Balaban J connectivity index is 2.94. The summed E-state index contributed by atoms with van der Waals surface area (Å²) in [7, 11) is 0. The van der Waals surface area contributed by atoms with E-state index >= 15 is 0 Å². The molecule has 63 valence electrons. The fourth-order valence-electron chi connectivity index (χ4n) is 0.938. The Morgan fingerprint density at radius 3 is 2.64 bits per heavy atom. The minimum absolute atomic E-state index is 0.823. The lowest BCUT2D eigenvalue weighted by atomic mass is 10.1. The average molecular weight is 169 g/mol. The molecule has 1 radical (unpaired) electrons. The van der Waals surface area contributed by atoms with E-state index in [-0.39, 0.29) is 0 Å². The van der Waals surface area contributed by atoms with E-state index in [0.717, 1.165) is 6.42 Å². The summed E-state index contributed by atoms with van der Waals surface area (Å²) < 4.78 is 0. The molecule has 0 saturated carbocycles. The molecule has 0 bridgehead atoms. The van der Waals surface area contributed by atoms with Gasteiger partial charge in [-0.15, -0.1) is 0 Å². The maximum atomic E-state index is 4.57. The van der Waals surface area contributed by atoms with Gasteiger partial charge in [-0.3, -0.25) is 0 Å². The van der Waals surface area contributed by atoms with E-state index in [1.165, 1.54) is 32.1 Å². The lowest BCUT2D eigenvalue weighted by Crippen LogP contribution is -1.73. The van der Waals surface area contributed by atoms with Gasteiger partial charge in [0.05, 0.1) is 0 Å². The predicted molar refractivity (Wildman–Crippen MR) is 55.1 cm³/mol. The number of hydrogen-bond acceptors (Lipinski definition) is 1. The second kappa shape index (κ2) is 9.83. The average Bonchev–Trinajstić information content (AvgIpc) is 2.03. The first kappa shape index (κ1) is 10.8. The molecule has 0 nitrogen and oxygen atoms in total. The molecule has 0 fully saturated rings. The molecular formula is C10H17S. The highest BCUT2D eigenvalue weighted by molar-refractivity contribution is 7.78. The molecule has 0 aromatic rings. The van der Waals surface area contributed by atoms with Crippen LogP contribution in [0, 0.1) is 0 Å². The maximum Gasteiger partial charge on any atom is 0.0332 e. The third-order valence-electron chi connectivity index (χ3n) is 1.59. The molecule has 0 rings (SSSR count). The molecule has 0 aromatic carbocycles. The Labute approximate surface area is 75.7 Å². The molecule has 0 atom stereocenters. The van der Waals surface area contributed by atoms with Gasteiger partial charge in [0, 0.05) is 11.8 Å². The molecule has 0 heterocycles. The SMILES string of the molecule is CCCCCC/C=C/C[C]=S. The van der Waals surface area contributed by atoms with Crippen molar-refractivity contribution in [3.63, 3.8) is 0 Å². The van der Waals surface area contributed by atoms with Crippen LogP contribution in [0.25, 0.3) is 0 Å². The van der Waals surface area contributed by atoms with E-state index in [4.69, 9.17) is 0 Å². The normalized spacial score (nSPS) is 10.6. The molecule has 0 aliphatic carbocycles. The van der Waals surface area contributed by atoms with Gasteiger partial charge < -0.3 is 0 Å². The molecule has 11 heavy (non-hydrogen) atoms. The summed E-state index contributed by atoms with van der Waals surface area (Å²) in [5.41, 5.74) is 0. The Bertz CT molecular complexity index is 105. The third kappa shape index (κ3) is 9.83. The van der Waals surface area contributed by atoms with E-state index in [1.54, 1.807) is 0 Å². The van der Waals surface area contributed by atoms with Crippen LogP contribution in [0.15, 0.2) is 12.2 Å². The largest absolute Gasteiger partial charge is 0.0882 e. The van der Waals surface area contributed by atoms with Crippen LogP contribution >= 0.6 is 12.2 Å². The van der Waals surface area contributed by atoms with Crippen LogP contribution in [0.1, 0.15) is 45.4 Å². The van der Waals surface area contributed by atoms with E-state index in [9.17, 15) is 0 Å². The van der Waals surface area contributed by atoms with Crippen molar-refractivity contribution in [1.82, 2.24) is 0 Å². The Morgan fingerprint density at radius 1 is 1.18 bits per heavy atom. The van der Waals surface area contributed by atoms with Gasteiger partial charge in [-0.1, -0.05) is 50.6 Å². The summed E-state index contributed by atoms with van der Waals surface area (Å²) in [6.45, 7) is 2.23. The van der Waals surface area contributed by atoms with Crippen molar-refractivity contribution in [3.8, 4) is 0 Å². The minimum Gasteiger partial charge on any atom is -0.0882 e. The van der Waals surface area contributed by atoms with Crippen LogP contribution in [-0.2, 0) is 0 Å². The zero-order valence-electron chi connectivity index (χ0n) is 7.31. The second-order valence-electron chi connectivity index (χ2n) is 2.67. The molecule has 1 heteroatoms. The van der Waals surface area contributed by atoms with Gasteiger partial charge >= 0.3 is 0 Å². The van der Waals surface area contributed by atoms with Crippen molar-refractivity contribution in [2.75, 3.05) is 0 Å². The highest BCUT2D eigenvalue weighted by Crippen LogP contribution is 2.02. The van der Waals surface area contributed by atoms with Crippen molar-refractivity contribution < 1.29 is 0 Å². The molecule has 0 aliphatic rings. The maximum absolute atomic E-state index is 4.57. The molecule has 0 spiro atoms. The number of thiocarbonyl (C=S) groups is 1. The molecule has 0 unspecified atom stereocenters. The Morgan fingerprint density at radius 2 is 2.00 bits per heavy atom. The fourth-order valence-corrected chi connectivity index (χ4v) is 1.03. The van der Waals surface area contributed by atoms with Gasteiger partial charge in [0.25, 0.3) is 0 Å². The van der Waals surface area contributed by atoms with Gasteiger partial charge in [-0.25, -0.2) is 0 Å². The van der Waals surface area contributed by atoms with Gasteiger partial charge in [0.1, 0.15) is 0 Å². The van der Waals surface area contributed by atoms with Gasteiger partial charge in [0.2, 0.25) is 0 Å². The third-order valence-corrected chi connectivity index (χ3v) is 1.76. The molecule has 0 aromatic heterocycles. The van der Waals surface area contributed by atoms with E-state index < -0.39 is 0 Å². The van der Waals surface area contributed by atoms with Crippen molar-refractivity contribution in [1.29, 1.82) is 0 Å². The monoisotopic (exact) mass is 169 g/mol. The van der Waals surface area contributed by atoms with E-state index in [1.807, 2.05) is 0 Å². The van der Waals surface area contributed by atoms with Gasteiger partial charge in [-0.2, -0.15) is 0 Å². The Kier molecular flexibility index (Phi) is 9.68. The van der Waals surface area contributed by atoms with Crippen LogP contribution < -0.4 is 0 Å². The standard InChI is InChI=1S/C10H17S/c1-2-3-4-5-6-7-8-9-10-11/h7-8H,2-6,9H2,1H3/b8-7+. The Hall–Kier alpha value is -0.170. The molecule has 0 saturated heterocycles. The number of unbranched alkanes of at least 4 members (excludes halogenated alkanes) is 4. The smallest absolute Gasteiger partial charge is 0.0332 e. The van der Waals surface area contributed by atoms with Crippen LogP contribution in [0.2, 0.25) is 0 Å². The molecule has 0 amide bonds. The van der Waals surface area contributed by atoms with Crippen molar-refractivity contribution in [2.24, 2.45) is 0 Å². The summed E-state index contributed by atoms with van der Waals surface area (Å²) >= 11 is 4.57. The number of rotatable bonds is 7. The lowest BCUT2D eigenvalue weighted by molar-refractivity contribution is 0.674.